The van der Waals surface area contributed by atoms with Gasteiger partial charge in [-0.05, 0) is 24.3 Å². The minimum absolute atomic E-state index is 0.162. The first kappa shape index (κ1) is 13.5. The summed E-state index contributed by atoms with van der Waals surface area (Å²) in [5.74, 6) is -0.664. The molecule has 0 bridgehead atoms. The Balaban J connectivity index is 1.97. The van der Waals surface area contributed by atoms with Gasteiger partial charge in [-0.15, -0.1) is 0 Å². The maximum absolute atomic E-state index is 13.2. The fraction of sp³-hybridized carbons (Fsp3) is 0.133. The molecule has 2 aromatic carbocycles. The second-order valence-corrected chi connectivity index (χ2v) is 4.57. The van der Waals surface area contributed by atoms with E-state index in [2.05, 4.69) is 4.98 Å². The molecular weight excluding hydrogens is 278 g/mol. The van der Waals surface area contributed by atoms with Crippen molar-refractivity contribution in [1.82, 2.24) is 9.55 Å². The molecule has 0 amide bonds. The number of benzene rings is 2. The van der Waals surface area contributed by atoms with Crippen LogP contribution in [0.15, 0.2) is 36.4 Å². The van der Waals surface area contributed by atoms with Crippen molar-refractivity contribution < 1.29 is 18.6 Å². The Morgan fingerprint density at radius 3 is 2.52 bits per heavy atom. The number of halogens is 2. The van der Waals surface area contributed by atoms with Crippen molar-refractivity contribution in [3.05, 3.63) is 53.9 Å². The van der Waals surface area contributed by atoms with E-state index in [9.17, 15) is 13.9 Å². The van der Waals surface area contributed by atoms with Gasteiger partial charge in [0.1, 0.15) is 23.9 Å². The molecule has 6 heteroatoms. The van der Waals surface area contributed by atoms with Crippen LogP contribution in [0.4, 0.5) is 8.78 Å². The summed E-state index contributed by atoms with van der Waals surface area (Å²) in [6.07, 6.45) is 0. The lowest BCUT2D eigenvalue weighted by Crippen LogP contribution is -1.96. The smallest absolute Gasteiger partial charge is 0.162 e. The standard InChI is InChI=1S/C15H12F2N2O2/c1-19-14-7-10(3-5-13(14)18-15(19)8-20)21-9-2-4-11(16)12(17)6-9/h2-7,20H,8H2,1H3. The Morgan fingerprint density at radius 1 is 1.10 bits per heavy atom. The molecule has 0 spiro atoms. The Bertz CT molecular complexity index is 815. The van der Waals surface area contributed by atoms with Crippen molar-refractivity contribution in [3.63, 3.8) is 0 Å². The first-order chi connectivity index (χ1) is 10.1. The molecule has 0 aliphatic heterocycles. The molecule has 0 saturated heterocycles. The molecule has 0 radical (unpaired) electrons. The third-order valence-corrected chi connectivity index (χ3v) is 3.21. The summed E-state index contributed by atoms with van der Waals surface area (Å²) in [7, 11) is 1.78. The average Bonchev–Trinajstić information content (AvgIpc) is 2.79. The second kappa shape index (κ2) is 5.14. The number of rotatable bonds is 3. The quantitative estimate of drug-likeness (QED) is 0.806. The van der Waals surface area contributed by atoms with E-state index in [0.29, 0.717) is 11.6 Å². The zero-order chi connectivity index (χ0) is 15.0. The van der Waals surface area contributed by atoms with Crippen LogP contribution in [0.3, 0.4) is 0 Å². The second-order valence-electron chi connectivity index (χ2n) is 4.57. The molecule has 0 aliphatic carbocycles. The van der Waals surface area contributed by atoms with E-state index in [4.69, 9.17) is 4.74 Å². The molecular formula is C15H12F2N2O2. The van der Waals surface area contributed by atoms with Gasteiger partial charge < -0.3 is 14.4 Å². The van der Waals surface area contributed by atoms with Gasteiger partial charge in [-0.2, -0.15) is 0 Å². The maximum Gasteiger partial charge on any atom is 0.162 e. The predicted octanol–water partition coefficient (Wildman–Crippen LogP) is 3.14. The predicted molar refractivity (Wildman–Crippen MR) is 73.1 cm³/mol. The van der Waals surface area contributed by atoms with Gasteiger partial charge in [0.25, 0.3) is 0 Å². The summed E-state index contributed by atoms with van der Waals surface area (Å²) in [5.41, 5.74) is 1.50. The number of hydrogen-bond acceptors (Lipinski definition) is 3. The Labute approximate surface area is 119 Å². The fourth-order valence-electron chi connectivity index (χ4n) is 2.10. The van der Waals surface area contributed by atoms with Gasteiger partial charge in [-0.3, -0.25) is 0 Å². The van der Waals surface area contributed by atoms with E-state index in [0.717, 1.165) is 23.2 Å². The minimum atomic E-state index is -0.961. The van der Waals surface area contributed by atoms with Crippen molar-refractivity contribution in [2.75, 3.05) is 0 Å². The third-order valence-electron chi connectivity index (χ3n) is 3.21. The summed E-state index contributed by atoms with van der Waals surface area (Å²) in [4.78, 5) is 4.25. The Hall–Kier alpha value is -2.47. The third kappa shape index (κ3) is 2.45. The lowest BCUT2D eigenvalue weighted by molar-refractivity contribution is 0.268. The molecule has 0 aliphatic rings. The van der Waals surface area contributed by atoms with Crippen LogP contribution in [-0.4, -0.2) is 14.7 Å². The number of imidazole rings is 1. The number of hydrogen-bond donors (Lipinski definition) is 1. The molecule has 0 unspecified atom stereocenters. The van der Waals surface area contributed by atoms with E-state index < -0.39 is 11.6 Å². The molecule has 1 N–H and O–H groups in total. The van der Waals surface area contributed by atoms with Gasteiger partial charge >= 0.3 is 0 Å². The zero-order valence-corrected chi connectivity index (χ0v) is 11.2. The molecule has 108 valence electrons. The number of aromatic nitrogens is 2. The van der Waals surface area contributed by atoms with E-state index in [-0.39, 0.29) is 12.4 Å². The molecule has 3 rings (SSSR count). The first-order valence-corrected chi connectivity index (χ1v) is 6.27. The number of nitrogens with zero attached hydrogens (tertiary/aromatic N) is 2. The van der Waals surface area contributed by atoms with Gasteiger partial charge in [0.05, 0.1) is 11.0 Å². The minimum Gasteiger partial charge on any atom is -0.457 e. The van der Waals surface area contributed by atoms with Crippen LogP contribution in [0, 0.1) is 11.6 Å². The van der Waals surface area contributed by atoms with E-state index in [1.54, 1.807) is 29.8 Å². The molecule has 4 nitrogen and oxygen atoms in total. The van der Waals surface area contributed by atoms with Gasteiger partial charge in [0.2, 0.25) is 0 Å². The van der Waals surface area contributed by atoms with Crippen molar-refractivity contribution in [2.24, 2.45) is 7.05 Å². The Morgan fingerprint density at radius 2 is 1.81 bits per heavy atom. The number of fused-ring (bicyclic) bond motifs is 1. The highest BCUT2D eigenvalue weighted by Crippen LogP contribution is 2.26. The van der Waals surface area contributed by atoms with Gasteiger partial charge in [-0.25, -0.2) is 13.8 Å². The number of aliphatic hydroxyl groups excluding tert-OH is 1. The van der Waals surface area contributed by atoms with Crippen LogP contribution in [0.5, 0.6) is 11.5 Å². The van der Waals surface area contributed by atoms with Crippen LogP contribution in [0.25, 0.3) is 11.0 Å². The van der Waals surface area contributed by atoms with Crippen molar-refractivity contribution in [3.8, 4) is 11.5 Å². The summed E-state index contributed by atoms with van der Waals surface area (Å²) in [6.45, 7) is -0.162. The van der Waals surface area contributed by atoms with Crippen molar-refractivity contribution >= 4 is 11.0 Å². The Kier molecular flexibility index (Phi) is 3.31. The summed E-state index contributed by atoms with van der Waals surface area (Å²) < 4.78 is 33.3. The fourth-order valence-corrected chi connectivity index (χ4v) is 2.10. The first-order valence-electron chi connectivity index (χ1n) is 6.27. The van der Waals surface area contributed by atoms with E-state index in [1.165, 1.54) is 6.07 Å². The molecule has 21 heavy (non-hydrogen) atoms. The normalized spacial score (nSPS) is 11.0. The highest BCUT2D eigenvalue weighted by atomic mass is 19.2. The van der Waals surface area contributed by atoms with Crippen molar-refractivity contribution in [1.29, 1.82) is 0 Å². The van der Waals surface area contributed by atoms with Crippen LogP contribution in [-0.2, 0) is 13.7 Å². The monoisotopic (exact) mass is 290 g/mol. The van der Waals surface area contributed by atoms with E-state index in [1.807, 2.05) is 0 Å². The SMILES string of the molecule is Cn1c(CO)nc2ccc(Oc3ccc(F)c(F)c3)cc21. The molecule has 1 heterocycles. The largest absolute Gasteiger partial charge is 0.457 e. The lowest BCUT2D eigenvalue weighted by atomic mass is 10.3. The zero-order valence-electron chi connectivity index (χ0n) is 11.2. The van der Waals surface area contributed by atoms with Gasteiger partial charge in [0, 0.05) is 19.2 Å². The van der Waals surface area contributed by atoms with E-state index >= 15 is 0 Å². The summed E-state index contributed by atoms with van der Waals surface area (Å²) in [5, 5.41) is 9.19. The number of ether oxygens (including phenoxy) is 1. The average molecular weight is 290 g/mol. The summed E-state index contributed by atoms with van der Waals surface area (Å²) in [6, 6.07) is 8.49. The molecule has 3 aromatic rings. The van der Waals surface area contributed by atoms with Crippen LogP contribution >= 0.6 is 0 Å². The summed E-state index contributed by atoms with van der Waals surface area (Å²) >= 11 is 0. The highest BCUT2D eigenvalue weighted by Gasteiger charge is 2.09. The maximum atomic E-state index is 13.2. The molecule has 0 saturated carbocycles. The molecule has 1 aromatic heterocycles. The number of aryl methyl sites for hydroxylation is 1. The molecule has 0 atom stereocenters. The van der Waals surface area contributed by atoms with Crippen LogP contribution in [0.2, 0.25) is 0 Å². The topological polar surface area (TPSA) is 47.3 Å². The highest BCUT2D eigenvalue weighted by molar-refractivity contribution is 5.77. The lowest BCUT2D eigenvalue weighted by Gasteiger charge is -2.06. The van der Waals surface area contributed by atoms with Crippen LogP contribution < -0.4 is 4.74 Å². The molecule has 0 fully saturated rings. The van der Waals surface area contributed by atoms with Gasteiger partial charge in [0.15, 0.2) is 11.6 Å². The number of aliphatic hydroxyl groups is 1. The van der Waals surface area contributed by atoms with Gasteiger partial charge in [-0.1, -0.05) is 0 Å². The van der Waals surface area contributed by atoms with Crippen molar-refractivity contribution in [2.45, 2.75) is 6.61 Å². The van der Waals surface area contributed by atoms with Crippen LogP contribution in [0.1, 0.15) is 5.82 Å².